The van der Waals surface area contributed by atoms with Crippen molar-refractivity contribution in [1.82, 2.24) is 9.80 Å². The molecule has 2 amide bonds. The maximum absolute atomic E-state index is 12.8. The number of nitrogens with zero attached hydrogens (tertiary/aromatic N) is 3. The van der Waals surface area contributed by atoms with Crippen molar-refractivity contribution in [2.24, 2.45) is 0 Å². The van der Waals surface area contributed by atoms with Gasteiger partial charge in [0.1, 0.15) is 16.8 Å². The summed E-state index contributed by atoms with van der Waals surface area (Å²) in [7, 11) is 1.64. The lowest BCUT2D eigenvalue weighted by molar-refractivity contribution is -0.131. The van der Waals surface area contributed by atoms with Crippen molar-refractivity contribution in [1.29, 1.82) is 5.26 Å². The number of anilines is 1. The molecule has 0 spiro atoms. The highest BCUT2D eigenvalue weighted by atomic mass is 32.1. The van der Waals surface area contributed by atoms with Crippen LogP contribution in [0, 0.1) is 11.3 Å². The van der Waals surface area contributed by atoms with E-state index in [1.54, 1.807) is 18.4 Å². The Morgan fingerprint density at radius 2 is 1.86 bits per heavy atom. The highest BCUT2D eigenvalue weighted by Gasteiger charge is 2.23. The molecule has 7 nitrogen and oxygen atoms in total. The molecular weight excluding hydrogens is 460 g/mol. The number of nitriles is 1. The summed E-state index contributed by atoms with van der Waals surface area (Å²) in [6, 6.07) is 10.2. The van der Waals surface area contributed by atoms with Gasteiger partial charge in [-0.15, -0.1) is 11.3 Å². The van der Waals surface area contributed by atoms with E-state index in [4.69, 9.17) is 4.74 Å². The lowest BCUT2D eigenvalue weighted by atomic mass is 10.1. The number of thiophene rings is 1. The summed E-state index contributed by atoms with van der Waals surface area (Å²) in [6.45, 7) is 3.08. The maximum atomic E-state index is 12.8. The van der Waals surface area contributed by atoms with E-state index in [0.29, 0.717) is 36.5 Å². The minimum Gasteiger partial charge on any atom is -0.497 e. The van der Waals surface area contributed by atoms with Gasteiger partial charge in [-0.2, -0.15) is 5.26 Å². The van der Waals surface area contributed by atoms with Crippen LogP contribution in [0.1, 0.15) is 53.7 Å². The third kappa shape index (κ3) is 6.62. The molecule has 1 fully saturated rings. The molecule has 0 radical (unpaired) electrons. The lowest BCUT2D eigenvalue weighted by Gasteiger charge is -2.22. The standard InChI is InChI=1S/C27H34N4O3S/c1-34-21-11-8-20(9-12-21)10-13-26(33)31-15-5-14-30(16-17-31)19-25(32)29-27-23(18-28)22-6-3-2-4-7-24(22)35-27/h8-9,11-12H,2-7,10,13-17,19H2,1H3,(H,29,32). The maximum Gasteiger partial charge on any atom is 0.239 e. The minimum atomic E-state index is -0.0859. The number of rotatable bonds is 7. The highest BCUT2D eigenvalue weighted by Crippen LogP contribution is 2.37. The first-order valence-electron chi connectivity index (χ1n) is 12.5. The highest BCUT2D eigenvalue weighted by molar-refractivity contribution is 7.16. The lowest BCUT2D eigenvalue weighted by Crippen LogP contribution is -2.38. The Kier molecular flexibility index (Phi) is 8.78. The summed E-state index contributed by atoms with van der Waals surface area (Å²) in [5, 5.41) is 13.4. The number of benzene rings is 1. The Hall–Kier alpha value is -2.89. The molecule has 1 aromatic heterocycles. The molecule has 1 aliphatic carbocycles. The predicted molar refractivity (Wildman–Crippen MR) is 138 cm³/mol. The normalized spacial score (nSPS) is 16.5. The summed E-state index contributed by atoms with van der Waals surface area (Å²) in [6.07, 6.45) is 7.41. The molecule has 1 saturated heterocycles. The van der Waals surface area contributed by atoms with Crippen LogP contribution in [0.3, 0.4) is 0 Å². The van der Waals surface area contributed by atoms with Crippen LogP contribution in [0.4, 0.5) is 5.00 Å². The first-order valence-corrected chi connectivity index (χ1v) is 13.4. The van der Waals surface area contributed by atoms with Gasteiger partial charge in [-0.05, 0) is 61.8 Å². The fraction of sp³-hybridized carbons (Fsp3) is 0.519. The average molecular weight is 495 g/mol. The molecule has 35 heavy (non-hydrogen) atoms. The van der Waals surface area contributed by atoms with Gasteiger partial charge in [-0.3, -0.25) is 14.5 Å². The van der Waals surface area contributed by atoms with E-state index in [9.17, 15) is 14.9 Å². The summed E-state index contributed by atoms with van der Waals surface area (Å²) in [4.78, 5) is 30.9. The SMILES string of the molecule is COc1ccc(CCC(=O)N2CCCN(CC(=O)Nc3sc4c(c3C#N)CCCCC4)CC2)cc1. The number of methoxy groups -OCH3 is 1. The molecule has 1 aromatic carbocycles. The van der Waals surface area contributed by atoms with Gasteiger partial charge in [-0.25, -0.2) is 0 Å². The monoisotopic (exact) mass is 494 g/mol. The largest absolute Gasteiger partial charge is 0.497 e. The van der Waals surface area contributed by atoms with Gasteiger partial charge in [0, 0.05) is 37.5 Å². The number of ether oxygens (including phenoxy) is 1. The molecule has 2 heterocycles. The predicted octanol–water partition coefficient (Wildman–Crippen LogP) is 4.00. The average Bonchev–Trinajstić information content (AvgIpc) is 3.04. The minimum absolute atomic E-state index is 0.0859. The first-order chi connectivity index (χ1) is 17.1. The molecule has 1 N–H and O–H groups in total. The number of carbonyl (C=O) groups excluding carboxylic acids is 2. The molecule has 186 valence electrons. The zero-order valence-electron chi connectivity index (χ0n) is 20.5. The van der Waals surface area contributed by atoms with E-state index in [1.165, 1.54) is 11.3 Å². The van der Waals surface area contributed by atoms with E-state index in [1.807, 2.05) is 29.2 Å². The van der Waals surface area contributed by atoms with Gasteiger partial charge < -0.3 is 15.0 Å². The van der Waals surface area contributed by atoms with Gasteiger partial charge in [-0.1, -0.05) is 18.6 Å². The summed E-state index contributed by atoms with van der Waals surface area (Å²) < 4.78 is 5.19. The van der Waals surface area contributed by atoms with Crippen molar-refractivity contribution in [3.63, 3.8) is 0 Å². The van der Waals surface area contributed by atoms with Gasteiger partial charge >= 0.3 is 0 Å². The van der Waals surface area contributed by atoms with Gasteiger partial charge in [0.25, 0.3) is 0 Å². The summed E-state index contributed by atoms with van der Waals surface area (Å²) >= 11 is 1.57. The van der Waals surface area contributed by atoms with Gasteiger partial charge in [0.15, 0.2) is 0 Å². The van der Waals surface area contributed by atoms with Gasteiger partial charge in [0.2, 0.25) is 11.8 Å². The molecule has 0 unspecified atom stereocenters. The van der Waals surface area contributed by atoms with Crippen molar-refractivity contribution in [2.75, 3.05) is 45.2 Å². The van der Waals surface area contributed by atoms with E-state index in [0.717, 1.165) is 62.1 Å². The quantitative estimate of drug-likeness (QED) is 0.588. The number of carbonyl (C=O) groups is 2. The molecule has 0 saturated carbocycles. The molecule has 0 atom stereocenters. The van der Waals surface area contributed by atoms with Crippen LogP contribution in [0.25, 0.3) is 0 Å². The van der Waals surface area contributed by atoms with Crippen LogP contribution in [-0.4, -0.2) is 61.4 Å². The smallest absolute Gasteiger partial charge is 0.239 e. The topological polar surface area (TPSA) is 85.7 Å². The molecule has 8 heteroatoms. The van der Waals surface area contributed by atoms with E-state index in [-0.39, 0.29) is 18.4 Å². The van der Waals surface area contributed by atoms with E-state index >= 15 is 0 Å². The van der Waals surface area contributed by atoms with Crippen molar-refractivity contribution in [2.45, 2.75) is 51.4 Å². The zero-order chi connectivity index (χ0) is 24.6. The first kappa shape index (κ1) is 25.2. The Morgan fingerprint density at radius 3 is 2.63 bits per heavy atom. The number of aryl methyl sites for hydroxylation is 2. The number of fused-ring (bicyclic) bond motifs is 1. The molecule has 2 aromatic rings. The molecule has 2 aliphatic rings. The molecule has 0 bridgehead atoms. The third-order valence-electron chi connectivity index (χ3n) is 6.88. The van der Waals surface area contributed by atoms with Crippen LogP contribution in [-0.2, 0) is 28.9 Å². The van der Waals surface area contributed by atoms with E-state index < -0.39 is 0 Å². The van der Waals surface area contributed by atoms with Crippen LogP contribution in [0.15, 0.2) is 24.3 Å². The second kappa shape index (κ2) is 12.2. The second-order valence-corrected chi connectivity index (χ2v) is 10.4. The van der Waals surface area contributed by atoms with Crippen molar-refractivity contribution < 1.29 is 14.3 Å². The summed E-state index contributed by atoms with van der Waals surface area (Å²) in [5.41, 5.74) is 2.92. The fourth-order valence-corrected chi connectivity index (χ4v) is 6.15. The van der Waals surface area contributed by atoms with Crippen LogP contribution in [0.5, 0.6) is 5.75 Å². The second-order valence-electron chi connectivity index (χ2n) is 9.29. The molecule has 4 rings (SSSR count). The van der Waals surface area contributed by atoms with Crippen molar-refractivity contribution in [3.8, 4) is 11.8 Å². The zero-order valence-corrected chi connectivity index (χ0v) is 21.3. The number of amides is 2. The Balaban J connectivity index is 1.26. The Bertz CT molecular complexity index is 1070. The van der Waals surface area contributed by atoms with Crippen molar-refractivity contribution in [3.05, 3.63) is 45.8 Å². The van der Waals surface area contributed by atoms with Crippen LogP contribution < -0.4 is 10.1 Å². The van der Waals surface area contributed by atoms with Crippen LogP contribution >= 0.6 is 11.3 Å². The summed E-state index contributed by atoms with van der Waals surface area (Å²) in [5.74, 6) is 0.887. The number of hydrogen-bond donors (Lipinski definition) is 1. The molecule has 1 aliphatic heterocycles. The third-order valence-corrected chi connectivity index (χ3v) is 8.09. The number of nitrogens with one attached hydrogen (secondary N) is 1. The van der Waals surface area contributed by atoms with Crippen LogP contribution in [0.2, 0.25) is 0 Å². The van der Waals surface area contributed by atoms with Crippen molar-refractivity contribution >= 4 is 28.2 Å². The van der Waals surface area contributed by atoms with Gasteiger partial charge in [0.05, 0.1) is 19.2 Å². The fourth-order valence-electron chi connectivity index (χ4n) is 4.90. The van der Waals surface area contributed by atoms with E-state index in [2.05, 4.69) is 16.3 Å². The Morgan fingerprint density at radius 1 is 1.06 bits per heavy atom. The molecular formula is C27H34N4O3S. The Labute approximate surface area is 211 Å². The number of hydrogen-bond acceptors (Lipinski definition) is 6.